The van der Waals surface area contributed by atoms with Crippen LogP contribution in [0.15, 0.2) is 36.4 Å². The molecule has 0 saturated heterocycles. The monoisotopic (exact) mass is 308 g/mol. The van der Waals surface area contributed by atoms with E-state index >= 15 is 0 Å². The fourth-order valence-corrected chi connectivity index (χ4v) is 2.05. The molecule has 0 atom stereocenters. The number of anilines is 1. The lowest BCUT2D eigenvalue weighted by atomic mass is 10.1. The Morgan fingerprint density at radius 2 is 2.10 bits per heavy atom. The van der Waals surface area contributed by atoms with Gasteiger partial charge in [0.2, 0.25) is 5.91 Å². The van der Waals surface area contributed by atoms with Crippen LogP contribution in [0, 0.1) is 5.82 Å². The number of nitrogens with two attached hydrogens (primary N) is 1. The van der Waals surface area contributed by atoms with Crippen LogP contribution in [-0.4, -0.2) is 13.0 Å². The summed E-state index contributed by atoms with van der Waals surface area (Å²) < 4.78 is 18.7. The van der Waals surface area contributed by atoms with Gasteiger partial charge in [0.25, 0.3) is 0 Å². The van der Waals surface area contributed by atoms with Crippen LogP contribution in [-0.2, 0) is 6.54 Å². The SMILES string of the molecule is COc1ccc(F)c(NCc2ccc(C(N)=O)cc2Cl)c1. The molecule has 2 aromatic rings. The molecule has 0 heterocycles. The van der Waals surface area contributed by atoms with Crippen molar-refractivity contribution in [2.75, 3.05) is 12.4 Å². The average Bonchev–Trinajstić information content (AvgIpc) is 2.47. The van der Waals surface area contributed by atoms with Gasteiger partial charge in [-0.3, -0.25) is 4.79 Å². The summed E-state index contributed by atoms with van der Waals surface area (Å²) in [4.78, 5) is 11.0. The largest absolute Gasteiger partial charge is 0.497 e. The first-order chi connectivity index (χ1) is 10.0. The van der Waals surface area contributed by atoms with Gasteiger partial charge in [-0.05, 0) is 29.8 Å². The Balaban J connectivity index is 2.15. The molecule has 0 saturated carbocycles. The molecule has 0 aliphatic rings. The molecule has 6 heteroatoms. The van der Waals surface area contributed by atoms with E-state index in [2.05, 4.69) is 5.32 Å². The normalized spacial score (nSPS) is 10.2. The number of ether oxygens (including phenoxy) is 1. The molecule has 3 N–H and O–H groups in total. The van der Waals surface area contributed by atoms with Gasteiger partial charge in [0.1, 0.15) is 11.6 Å². The molecule has 0 aromatic heterocycles. The number of halogens is 2. The highest BCUT2D eigenvalue weighted by Crippen LogP contribution is 2.23. The summed E-state index contributed by atoms with van der Waals surface area (Å²) in [5.41, 5.74) is 6.54. The van der Waals surface area contributed by atoms with Crippen molar-refractivity contribution < 1.29 is 13.9 Å². The predicted octanol–water partition coefficient (Wildman–Crippen LogP) is 3.20. The van der Waals surface area contributed by atoms with Crippen LogP contribution < -0.4 is 15.8 Å². The maximum Gasteiger partial charge on any atom is 0.248 e. The van der Waals surface area contributed by atoms with Crippen molar-refractivity contribution in [1.82, 2.24) is 0 Å². The highest BCUT2D eigenvalue weighted by Gasteiger charge is 2.08. The Morgan fingerprint density at radius 1 is 1.33 bits per heavy atom. The van der Waals surface area contributed by atoms with E-state index in [1.54, 1.807) is 18.2 Å². The van der Waals surface area contributed by atoms with Gasteiger partial charge in [-0.1, -0.05) is 17.7 Å². The van der Waals surface area contributed by atoms with E-state index in [0.29, 0.717) is 28.6 Å². The molecule has 21 heavy (non-hydrogen) atoms. The van der Waals surface area contributed by atoms with E-state index in [1.165, 1.54) is 25.3 Å². The number of rotatable bonds is 5. The van der Waals surface area contributed by atoms with Gasteiger partial charge in [0.05, 0.1) is 12.8 Å². The number of methoxy groups -OCH3 is 1. The van der Waals surface area contributed by atoms with E-state index in [0.717, 1.165) is 5.56 Å². The molecule has 0 aliphatic heterocycles. The first kappa shape index (κ1) is 15.1. The van der Waals surface area contributed by atoms with Gasteiger partial charge < -0.3 is 15.8 Å². The lowest BCUT2D eigenvalue weighted by molar-refractivity contribution is 0.100. The number of primary amides is 1. The number of carbonyl (C=O) groups excluding carboxylic acids is 1. The summed E-state index contributed by atoms with van der Waals surface area (Å²) in [7, 11) is 1.51. The lowest BCUT2D eigenvalue weighted by Gasteiger charge is -2.11. The van der Waals surface area contributed by atoms with Gasteiger partial charge in [-0.15, -0.1) is 0 Å². The van der Waals surface area contributed by atoms with Crippen molar-refractivity contribution in [2.45, 2.75) is 6.54 Å². The van der Waals surface area contributed by atoms with Crippen LogP contribution in [0.4, 0.5) is 10.1 Å². The van der Waals surface area contributed by atoms with E-state index in [9.17, 15) is 9.18 Å². The summed E-state index contributed by atoms with van der Waals surface area (Å²) in [5, 5.41) is 3.33. The average molecular weight is 309 g/mol. The first-order valence-electron chi connectivity index (χ1n) is 6.17. The molecular weight excluding hydrogens is 295 g/mol. The minimum atomic E-state index is -0.546. The fraction of sp³-hybridized carbons (Fsp3) is 0.133. The zero-order chi connectivity index (χ0) is 15.4. The van der Waals surface area contributed by atoms with Gasteiger partial charge >= 0.3 is 0 Å². The number of carbonyl (C=O) groups is 1. The van der Waals surface area contributed by atoms with Crippen LogP contribution in [0.2, 0.25) is 5.02 Å². The molecule has 0 spiro atoms. The van der Waals surface area contributed by atoms with Crippen LogP contribution >= 0.6 is 11.6 Å². The van der Waals surface area contributed by atoms with Crippen molar-refractivity contribution >= 4 is 23.2 Å². The fourth-order valence-electron chi connectivity index (χ4n) is 1.80. The number of hydrogen-bond acceptors (Lipinski definition) is 3. The molecule has 2 aromatic carbocycles. The van der Waals surface area contributed by atoms with Crippen LogP contribution in [0.3, 0.4) is 0 Å². The Morgan fingerprint density at radius 3 is 2.71 bits per heavy atom. The second-order valence-corrected chi connectivity index (χ2v) is 4.78. The minimum absolute atomic E-state index is 0.308. The smallest absolute Gasteiger partial charge is 0.248 e. The highest BCUT2D eigenvalue weighted by atomic mass is 35.5. The second kappa shape index (κ2) is 6.45. The van der Waals surface area contributed by atoms with Crippen molar-refractivity contribution in [3.63, 3.8) is 0 Å². The quantitative estimate of drug-likeness (QED) is 0.891. The maximum atomic E-state index is 13.7. The third kappa shape index (κ3) is 3.64. The molecule has 0 unspecified atom stereocenters. The Kier molecular flexibility index (Phi) is 4.65. The number of nitrogens with one attached hydrogen (secondary N) is 1. The topological polar surface area (TPSA) is 64.3 Å². The lowest BCUT2D eigenvalue weighted by Crippen LogP contribution is -2.11. The minimum Gasteiger partial charge on any atom is -0.497 e. The Bertz CT molecular complexity index is 677. The molecule has 2 rings (SSSR count). The van der Waals surface area contributed by atoms with Crippen molar-refractivity contribution in [2.24, 2.45) is 5.73 Å². The molecule has 0 aliphatic carbocycles. The van der Waals surface area contributed by atoms with Gasteiger partial charge in [0.15, 0.2) is 0 Å². The highest BCUT2D eigenvalue weighted by molar-refractivity contribution is 6.31. The molecular formula is C15H14ClFN2O2. The number of amides is 1. The molecule has 110 valence electrons. The van der Waals surface area contributed by atoms with Crippen molar-refractivity contribution in [1.29, 1.82) is 0 Å². The van der Waals surface area contributed by atoms with E-state index in [4.69, 9.17) is 22.1 Å². The first-order valence-corrected chi connectivity index (χ1v) is 6.54. The summed E-state index contributed by atoms with van der Waals surface area (Å²) in [6.07, 6.45) is 0. The summed E-state index contributed by atoms with van der Waals surface area (Å²) >= 11 is 6.07. The Hall–Kier alpha value is -2.27. The standard InChI is InChI=1S/C15H14ClFN2O2/c1-21-11-4-5-13(17)14(7-11)19-8-10-3-2-9(15(18)20)6-12(10)16/h2-7,19H,8H2,1H3,(H2,18,20). The Labute approximate surface area is 126 Å². The van der Waals surface area contributed by atoms with E-state index in [1.807, 2.05) is 0 Å². The van der Waals surface area contributed by atoms with E-state index in [-0.39, 0.29) is 5.82 Å². The molecule has 0 bridgehead atoms. The summed E-state index contributed by atoms with van der Waals surface area (Å²) in [5.74, 6) is -0.384. The van der Waals surface area contributed by atoms with Gasteiger partial charge in [0, 0.05) is 23.2 Å². The van der Waals surface area contributed by atoms with Crippen LogP contribution in [0.1, 0.15) is 15.9 Å². The number of hydrogen-bond donors (Lipinski definition) is 2. The zero-order valence-electron chi connectivity index (χ0n) is 11.3. The van der Waals surface area contributed by atoms with Crippen molar-refractivity contribution in [3.8, 4) is 5.75 Å². The third-order valence-electron chi connectivity index (χ3n) is 2.98. The molecule has 1 amide bonds. The molecule has 0 fully saturated rings. The van der Waals surface area contributed by atoms with Gasteiger partial charge in [-0.25, -0.2) is 4.39 Å². The summed E-state index contributed by atoms with van der Waals surface area (Å²) in [6, 6.07) is 9.15. The predicted molar refractivity (Wildman–Crippen MR) is 80.2 cm³/mol. The second-order valence-electron chi connectivity index (χ2n) is 4.37. The van der Waals surface area contributed by atoms with Gasteiger partial charge in [-0.2, -0.15) is 0 Å². The van der Waals surface area contributed by atoms with Crippen molar-refractivity contribution in [3.05, 3.63) is 58.4 Å². The molecule has 4 nitrogen and oxygen atoms in total. The van der Waals surface area contributed by atoms with Crippen LogP contribution in [0.25, 0.3) is 0 Å². The summed E-state index contributed by atoms with van der Waals surface area (Å²) in [6.45, 7) is 0.308. The maximum absolute atomic E-state index is 13.7. The molecule has 0 radical (unpaired) electrons. The zero-order valence-corrected chi connectivity index (χ0v) is 12.1. The van der Waals surface area contributed by atoms with E-state index < -0.39 is 5.91 Å². The number of benzene rings is 2. The van der Waals surface area contributed by atoms with Crippen LogP contribution in [0.5, 0.6) is 5.75 Å². The third-order valence-corrected chi connectivity index (χ3v) is 3.33.